The van der Waals surface area contributed by atoms with Crippen molar-refractivity contribution in [3.05, 3.63) is 74.2 Å². The molecule has 0 radical (unpaired) electrons. The van der Waals surface area contributed by atoms with Gasteiger partial charge in [-0.25, -0.2) is 15.0 Å². The number of Topliss-reactive ketones (excluding diaryl/α,β-unsaturated/α-hetero) is 1. The standard InChI is InChI=1S/C19H11BrClN3O3S/c20-13-6-14(25)15(27-9-10-7-23-19(21)24-8-10)4-11(13)5-16-17(26)12-2-1-3-22-18(12)28-16/h1-8,25H,9H2/b16-5-. The maximum Gasteiger partial charge on any atom is 0.222 e. The van der Waals surface area contributed by atoms with E-state index in [9.17, 15) is 9.90 Å². The van der Waals surface area contributed by atoms with Crippen molar-refractivity contribution in [3.63, 3.8) is 0 Å². The maximum atomic E-state index is 12.6. The number of ketones is 1. The largest absolute Gasteiger partial charge is 0.504 e. The second-order valence-electron chi connectivity index (χ2n) is 5.79. The van der Waals surface area contributed by atoms with Gasteiger partial charge in [-0.15, -0.1) is 0 Å². The molecule has 140 valence electrons. The first-order valence-corrected chi connectivity index (χ1v) is 10.0. The van der Waals surface area contributed by atoms with Gasteiger partial charge in [0, 0.05) is 28.6 Å². The Kier molecular flexibility index (Phi) is 5.34. The number of phenolic OH excluding ortho intramolecular Hbond substituents is 1. The van der Waals surface area contributed by atoms with Crippen LogP contribution in [0.1, 0.15) is 21.5 Å². The zero-order chi connectivity index (χ0) is 19.7. The summed E-state index contributed by atoms with van der Waals surface area (Å²) in [7, 11) is 0. The number of aromatic nitrogens is 3. The van der Waals surface area contributed by atoms with Crippen LogP contribution < -0.4 is 4.74 Å². The lowest BCUT2D eigenvalue weighted by atomic mass is 10.1. The second-order valence-corrected chi connectivity index (χ2v) is 8.01. The molecule has 0 unspecified atom stereocenters. The van der Waals surface area contributed by atoms with Crippen molar-refractivity contribution >= 4 is 51.2 Å². The van der Waals surface area contributed by atoms with Crippen LogP contribution >= 0.6 is 39.3 Å². The van der Waals surface area contributed by atoms with Gasteiger partial charge in [-0.1, -0.05) is 27.7 Å². The molecule has 2 aromatic heterocycles. The minimum Gasteiger partial charge on any atom is -0.504 e. The molecule has 28 heavy (non-hydrogen) atoms. The molecule has 0 amide bonds. The van der Waals surface area contributed by atoms with Crippen LogP contribution in [0.2, 0.25) is 5.28 Å². The van der Waals surface area contributed by atoms with E-state index < -0.39 is 0 Å². The molecular formula is C19H11BrClN3O3S. The van der Waals surface area contributed by atoms with Crippen molar-refractivity contribution in [1.82, 2.24) is 15.0 Å². The van der Waals surface area contributed by atoms with Crippen LogP contribution in [0.5, 0.6) is 11.5 Å². The molecule has 1 aliphatic heterocycles. The van der Waals surface area contributed by atoms with Crippen molar-refractivity contribution in [2.75, 3.05) is 0 Å². The minimum atomic E-state index is -0.0751. The van der Waals surface area contributed by atoms with Crippen LogP contribution in [0.15, 0.2) is 57.3 Å². The summed E-state index contributed by atoms with van der Waals surface area (Å²) in [4.78, 5) is 25.1. The molecule has 1 aromatic carbocycles. The molecule has 1 aliphatic rings. The van der Waals surface area contributed by atoms with Gasteiger partial charge in [-0.3, -0.25) is 4.79 Å². The van der Waals surface area contributed by atoms with Gasteiger partial charge >= 0.3 is 0 Å². The number of hydrogen-bond donors (Lipinski definition) is 1. The zero-order valence-electron chi connectivity index (χ0n) is 14.1. The molecule has 0 spiro atoms. The molecule has 0 saturated carbocycles. The van der Waals surface area contributed by atoms with Crippen LogP contribution in [-0.4, -0.2) is 25.8 Å². The number of fused-ring (bicyclic) bond motifs is 1. The summed E-state index contributed by atoms with van der Waals surface area (Å²) in [5.74, 6) is 0.171. The number of hydrogen-bond acceptors (Lipinski definition) is 7. The molecule has 3 heterocycles. The smallest absolute Gasteiger partial charge is 0.222 e. The zero-order valence-corrected chi connectivity index (χ0v) is 17.3. The number of carbonyl (C=O) groups is 1. The quantitative estimate of drug-likeness (QED) is 0.423. The first-order chi connectivity index (χ1) is 13.5. The molecule has 0 atom stereocenters. The number of allylic oxidation sites excluding steroid dienone is 1. The Labute approximate surface area is 177 Å². The fourth-order valence-electron chi connectivity index (χ4n) is 2.52. The predicted octanol–water partition coefficient (Wildman–Crippen LogP) is 4.90. The lowest BCUT2D eigenvalue weighted by molar-refractivity contribution is 0.104. The average molecular weight is 477 g/mol. The number of phenols is 1. The number of halogens is 2. The van der Waals surface area contributed by atoms with E-state index in [0.29, 0.717) is 31.1 Å². The third kappa shape index (κ3) is 3.89. The third-order valence-corrected chi connectivity index (χ3v) is 5.80. The Hall–Kier alpha value is -2.42. The highest BCUT2D eigenvalue weighted by Gasteiger charge is 2.27. The molecule has 0 fully saturated rings. The van der Waals surface area contributed by atoms with E-state index in [1.807, 2.05) is 0 Å². The fourth-order valence-corrected chi connectivity index (χ4v) is 4.05. The van der Waals surface area contributed by atoms with Crippen molar-refractivity contribution in [3.8, 4) is 11.5 Å². The van der Waals surface area contributed by atoms with Gasteiger partial charge in [0.25, 0.3) is 0 Å². The molecule has 0 bridgehead atoms. The second kappa shape index (κ2) is 7.90. The predicted molar refractivity (Wildman–Crippen MR) is 110 cm³/mol. The SMILES string of the molecule is O=C1/C(=C/c2cc(OCc3cnc(Cl)nc3)c(O)cc2Br)Sc2ncccc21. The summed E-state index contributed by atoms with van der Waals surface area (Å²) >= 11 is 10.4. The lowest BCUT2D eigenvalue weighted by Crippen LogP contribution is -1.98. The number of pyridine rings is 1. The van der Waals surface area contributed by atoms with E-state index in [2.05, 4.69) is 30.9 Å². The van der Waals surface area contributed by atoms with E-state index in [4.69, 9.17) is 16.3 Å². The number of carbonyl (C=O) groups excluding carboxylic acids is 1. The fraction of sp³-hybridized carbons (Fsp3) is 0.0526. The number of ether oxygens (including phenoxy) is 1. The Morgan fingerprint density at radius 3 is 2.79 bits per heavy atom. The van der Waals surface area contributed by atoms with Crippen molar-refractivity contribution in [1.29, 1.82) is 0 Å². The Morgan fingerprint density at radius 1 is 1.25 bits per heavy atom. The highest BCUT2D eigenvalue weighted by Crippen LogP contribution is 2.41. The lowest BCUT2D eigenvalue weighted by Gasteiger charge is -2.10. The summed E-state index contributed by atoms with van der Waals surface area (Å²) in [6, 6.07) is 6.68. The van der Waals surface area contributed by atoms with Gasteiger partial charge in [0.1, 0.15) is 11.6 Å². The number of benzene rings is 1. The summed E-state index contributed by atoms with van der Waals surface area (Å²) in [5.41, 5.74) is 1.99. The van der Waals surface area contributed by atoms with E-state index in [1.54, 1.807) is 42.9 Å². The summed E-state index contributed by atoms with van der Waals surface area (Å²) in [6.07, 6.45) is 6.50. The first kappa shape index (κ1) is 18.9. The molecule has 3 aromatic rings. The molecule has 0 saturated heterocycles. The van der Waals surface area contributed by atoms with Gasteiger partial charge in [0.05, 0.1) is 10.5 Å². The van der Waals surface area contributed by atoms with Crippen LogP contribution in [0.3, 0.4) is 0 Å². The van der Waals surface area contributed by atoms with Crippen LogP contribution in [0.4, 0.5) is 0 Å². The van der Waals surface area contributed by atoms with Crippen LogP contribution in [0, 0.1) is 0 Å². The number of thioether (sulfide) groups is 1. The van der Waals surface area contributed by atoms with Crippen molar-refractivity contribution in [2.45, 2.75) is 11.6 Å². The van der Waals surface area contributed by atoms with Gasteiger partial charge in [0.2, 0.25) is 11.1 Å². The van der Waals surface area contributed by atoms with E-state index >= 15 is 0 Å². The summed E-state index contributed by atoms with van der Waals surface area (Å²) < 4.78 is 6.32. The van der Waals surface area contributed by atoms with Gasteiger partial charge < -0.3 is 9.84 Å². The van der Waals surface area contributed by atoms with Crippen molar-refractivity contribution in [2.24, 2.45) is 0 Å². The van der Waals surface area contributed by atoms with Crippen LogP contribution in [-0.2, 0) is 6.61 Å². The summed E-state index contributed by atoms with van der Waals surface area (Å²) in [5, 5.41) is 11.0. The van der Waals surface area contributed by atoms with E-state index in [-0.39, 0.29) is 29.2 Å². The molecule has 4 rings (SSSR count). The number of rotatable bonds is 4. The third-order valence-electron chi connectivity index (χ3n) is 3.88. The Morgan fingerprint density at radius 2 is 2.04 bits per heavy atom. The molecule has 1 N–H and O–H groups in total. The van der Waals surface area contributed by atoms with E-state index in [1.165, 1.54) is 17.8 Å². The average Bonchev–Trinajstić information content (AvgIpc) is 3.00. The maximum absolute atomic E-state index is 12.6. The Bertz CT molecular complexity index is 1110. The molecular weight excluding hydrogens is 466 g/mol. The highest BCUT2D eigenvalue weighted by molar-refractivity contribution is 9.10. The van der Waals surface area contributed by atoms with Crippen LogP contribution in [0.25, 0.3) is 6.08 Å². The molecule has 0 aliphatic carbocycles. The monoisotopic (exact) mass is 475 g/mol. The first-order valence-electron chi connectivity index (χ1n) is 8.02. The van der Waals surface area contributed by atoms with Gasteiger partial charge in [-0.05, 0) is 47.5 Å². The molecule has 6 nitrogen and oxygen atoms in total. The summed E-state index contributed by atoms with van der Waals surface area (Å²) in [6.45, 7) is 0.158. The van der Waals surface area contributed by atoms with Crippen molar-refractivity contribution < 1.29 is 14.6 Å². The highest BCUT2D eigenvalue weighted by atomic mass is 79.9. The van der Waals surface area contributed by atoms with Gasteiger partial charge in [-0.2, -0.15) is 0 Å². The van der Waals surface area contributed by atoms with E-state index in [0.717, 1.165) is 0 Å². The number of nitrogens with zero attached hydrogens (tertiary/aromatic N) is 3. The number of aromatic hydroxyl groups is 1. The van der Waals surface area contributed by atoms with Gasteiger partial charge in [0.15, 0.2) is 11.5 Å². The Balaban J connectivity index is 1.59. The topological polar surface area (TPSA) is 85.2 Å². The normalized spacial score (nSPS) is 14.4. The molecule has 9 heteroatoms. The minimum absolute atomic E-state index is 0.0285.